The Morgan fingerprint density at radius 3 is 2.65 bits per heavy atom. The summed E-state index contributed by atoms with van der Waals surface area (Å²) in [6.45, 7) is 3.26. The maximum atomic E-state index is 12.1. The first-order valence-electron chi connectivity index (χ1n) is 8.42. The second kappa shape index (κ2) is 9.59. The van der Waals surface area contributed by atoms with E-state index in [-0.39, 0.29) is 24.1 Å². The highest BCUT2D eigenvalue weighted by Crippen LogP contribution is 2.18. The van der Waals surface area contributed by atoms with Crippen molar-refractivity contribution in [3.05, 3.63) is 17.8 Å². The minimum absolute atomic E-state index is 0.0202. The number of aromatic nitrogens is 2. The lowest BCUT2D eigenvalue weighted by molar-refractivity contribution is -0.117. The van der Waals surface area contributed by atoms with E-state index in [0.717, 1.165) is 0 Å². The van der Waals surface area contributed by atoms with Crippen LogP contribution in [0.1, 0.15) is 25.3 Å². The summed E-state index contributed by atoms with van der Waals surface area (Å²) >= 11 is 0. The summed E-state index contributed by atoms with van der Waals surface area (Å²) in [6.07, 6.45) is 5.59. The van der Waals surface area contributed by atoms with E-state index in [1.165, 1.54) is 26.5 Å². The van der Waals surface area contributed by atoms with Gasteiger partial charge in [0.25, 0.3) is 0 Å². The first kappa shape index (κ1) is 19.5. The lowest BCUT2D eigenvalue weighted by Crippen LogP contribution is -2.46. The smallest absolute Gasteiger partial charge is 0.409 e. The average molecular weight is 364 g/mol. The molecule has 26 heavy (non-hydrogen) atoms. The van der Waals surface area contributed by atoms with E-state index >= 15 is 0 Å². The number of methoxy groups -OCH3 is 2. The molecule has 1 aromatic heterocycles. The van der Waals surface area contributed by atoms with Crippen LogP contribution in [0.25, 0.3) is 6.08 Å². The van der Waals surface area contributed by atoms with E-state index in [1.54, 1.807) is 17.9 Å². The quantitative estimate of drug-likeness (QED) is 0.758. The van der Waals surface area contributed by atoms with Crippen LogP contribution in [-0.4, -0.2) is 66.8 Å². The third kappa shape index (κ3) is 5.33. The molecule has 0 aromatic carbocycles. The van der Waals surface area contributed by atoms with E-state index in [2.05, 4.69) is 15.3 Å². The maximum Gasteiger partial charge on any atom is 0.409 e. The Bertz CT molecular complexity index is 657. The normalized spacial score (nSPS) is 15.0. The molecule has 1 aliphatic rings. The standard InChI is InChI=1S/C17H24N4O5/c1-4-26-17(23)21-9-7-13(8-10-21)19-14(22)6-5-12-11-18-16(25-3)20-15(12)24-2/h5-6,11,13H,4,7-10H2,1-3H3,(H,19,22)/b6-5+. The monoisotopic (exact) mass is 364 g/mol. The molecule has 9 nitrogen and oxygen atoms in total. The van der Waals surface area contributed by atoms with Gasteiger partial charge in [-0.3, -0.25) is 4.79 Å². The van der Waals surface area contributed by atoms with Gasteiger partial charge >= 0.3 is 12.1 Å². The van der Waals surface area contributed by atoms with Gasteiger partial charge in [0.1, 0.15) is 0 Å². The zero-order valence-corrected chi connectivity index (χ0v) is 15.2. The highest BCUT2D eigenvalue weighted by Gasteiger charge is 2.24. The zero-order valence-electron chi connectivity index (χ0n) is 15.2. The van der Waals surface area contributed by atoms with Gasteiger partial charge in [0, 0.05) is 31.4 Å². The first-order valence-corrected chi connectivity index (χ1v) is 8.42. The van der Waals surface area contributed by atoms with Gasteiger partial charge in [0.15, 0.2) is 0 Å². The number of ether oxygens (including phenoxy) is 3. The van der Waals surface area contributed by atoms with Crippen LogP contribution in [0.3, 0.4) is 0 Å². The van der Waals surface area contributed by atoms with Gasteiger partial charge in [0.2, 0.25) is 11.8 Å². The largest absolute Gasteiger partial charge is 0.480 e. The minimum Gasteiger partial charge on any atom is -0.480 e. The highest BCUT2D eigenvalue weighted by atomic mass is 16.6. The predicted molar refractivity (Wildman–Crippen MR) is 93.9 cm³/mol. The Hall–Kier alpha value is -2.84. The highest BCUT2D eigenvalue weighted by molar-refractivity contribution is 5.92. The van der Waals surface area contributed by atoms with Crippen LogP contribution in [0.2, 0.25) is 0 Å². The van der Waals surface area contributed by atoms with E-state index in [4.69, 9.17) is 14.2 Å². The number of rotatable bonds is 6. The van der Waals surface area contributed by atoms with Gasteiger partial charge in [-0.1, -0.05) is 0 Å². The van der Waals surface area contributed by atoms with E-state index in [1.807, 2.05) is 0 Å². The van der Waals surface area contributed by atoms with Crippen molar-refractivity contribution in [2.45, 2.75) is 25.8 Å². The van der Waals surface area contributed by atoms with Crippen molar-refractivity contribution in [2.24, 2.45) is 0 Å². The topological polar surface area (TPSA) is 103 Å². The fourth-order valence-corrected chi connectivity index (χ4v) is 2.57. The number of piperidine rings is 1. The molecule has 1 fully saturated rings. The molecule has 2 amide bonds. The molecule has 0 radical (unpaired) electrons. The van der Waals surface area contributed by atoms with E-state index < -0.39 is 0 Å². The molecule has 0 atom stereocenters. The van der Waals surface area contributed by atoms with Crippen LogP contribution in [0.5, 0.6) is 11.9 Å². The third-order valence-corrected chi connectivity index (χ3v) is 3.92. The number of carbonyl (C=O) groups excluding carboxylic acids is 2. The van der Waals surface area contributed by atoms with Crippen molar-refractivity contribution >= 4 is 18.1 Å². The molecule has 0 unspecified atom stereocenters. The minimum atomic E-state index is -0.302. The van der Waals surface area contributed by atoms with Gasteiger partial charge in [-0.15, -0.1) is 0 Å². The van der Waals surface area contributed by atoms with Crippen molar-refractivity contribution in [1.82, 2.24) is 20.2 Å². The van der Waals surface area contributed by atoms with E-state index in [9.17, 15) is 9.59 Å². The van der Waals surface area contributed by atoms with Crippen molar-refractivity contribution in [2.75, 3.05) is 33.9 Å². The van der Waals surface area contributed by atoms with Crippen LogP contribution in [0, 0.1) is 0 Å². The summed E-state index contributed by atoms with van der Waals surface area (Å²) in [4.78, 5) is 33.5. The third-order valence-electron chi connectivity index (χ3n) is 3.92. The number of hydrogen-bond donors (Lipinski definition) is 1. The summed E-state index contributed by atoms with van der Waals surface area (Å²) < 4.78 is 15.1. The summed E-state index contributed by atoms with van der Waals surface area (Å²) in [5.41, 5.74) is 0.570. The molecular formula is C17H24N4O5. The van der Waals surface area contributed by atoms with E-state index in [0.29, 0.717) is 44.0 Å². The molecule has 1 aliphatic heterocycles. The molecule has 0 saturated carbocycles. The van der Waals surface area contributed by atoms with Crippen molar-refractivity contribution < 1.29 is 23.8 Å². The molecule has 2 rings (SSSR count). The van der Waals surface area contributed by atoms with Crippen molar-refractivity contribution in [3.63, 3.8) is 0 Å². The number of nitrogens with one attached hydrogen (secondary N) is 1. The number of nitrogens with zero attached hydrogens (tertiary/aromatic N) is 3. The number of amides is 2. The summed E-state index contributed by atoms with van der Waals surface area (Å²) in [5, 5.41) is 2.93. The molecule has 1 N–H and O–H groups in total. The van der Waals surface area contributed by atoms with Gasteiger partial charge in [0.05, 0.1) is 26.4 Å². The van der Waals surface area contributed by atoms with Gasteiger partial charge in [-0.25, -0.2) is 9.78 Å². The molecule has 0 aliphatic carbocycles. The van der Waals surface area contributed by atoms with Crippen LogP contribution in [0.4, 0.5) is 4.79 Å². The first-order chi connectivity index (χ1) is 12.6. The SMILES string of the molecule is CCOC(=O)N1CCC(NC(=O)/C=C/c2cnc(OC)nc2OC)CC1. The lowest BCUT2D eigenvalue weighted by atomic mass is 10.1. The van der Waals surface area contributed by atoms with Crippen LogP contribution in [-0.2, 0) is 9.53 Å². The molecule has 0 spiro atoms. The van der Waals surface area contributed by atoms with Crippen LogP contribution in [0.15, 0.2) is 12.3 Å². The Balaban J connectivity index is 1.86. The summed E-state index contributed by atoms with van der Waals surface area (Å²) in [7, 11) is 2.95. The lowest BCUT2D eigenvalue weighted by Gasteiger charge is -2.31. The zero-order chi connectivity index (χ0) is 18.9. The predicted octanol–water partition coefficient (Wildman–Crippen LogP) is 1.24. The number of hydrogen-bond acceptors (Lipinski definition) is 7. The molecule has 1 aromatic rings. The fraction of sp³-hybridized carbons (Fsp3) is 0.529. The molecule has 142 valence electrons. The summed E-state index contributed by atoms with van der Waals surface area (Å²) in [5.74, 6) is 0.0982. The molecule has 9 heteroatoms. The average Bonchev–Trinajstić information content (AvgIpc) is 2.67. The number of carbonyl (C=O) groups is 2. The Morgan fingerprint density at radius 1 is 1.31 bits per heavy atom. The van der Waals surface area contributed by atoms with Crippen molar-refractivity contribution in [1.29, 1.82) is 0 Å². The van der Waals surface area contributed by atoms with Crippen molar-refractivity contribution in [3.8, 4) is 11.9 Å². The fourth-order valence-electron chi connectivity index (χ4n) is 2.57. The van der Waals surface area contributed by atoms with Crippen LogP contribution < -0.4 is 14.8 Å². The molecular weight excluding hydrogens is 340 g/mol. The van der Waals surface area contributed by atoms with Gasteiger partial charge in [-0.05, 0) is 25.8 Å². The summed E-state index contributed by atoms with van der Waals surface area (Å²) in [6, 6.07) is 0.212. The Labute approximate surface area is 152 Å². The molecule has 0 bridgehead atoms. The Morgan fingerprint density at radius 2 is 2.04 bits per heavy atom. The van der Waals surface area contributed by atoms with Crippen LogP contribution >= 0.6 is 0 Å². The second-order valence-corrected chi connectivity index (χ2v) is 5.62. The second-order valence-electron chi connectivity index (χ2n) is 5.62. The number of likely N-dealkylation sites (tertiary alicyclic amines) is 1. The maximum absolute atomic E-state index is 12.1. The molecule has 1 saturated heterocycles. The van der Waals surface area contributed by atoms with Gasteiger partial charge < -0.3 is 24.4 Å². The Kier molecular flexibility index (Phi) is 7.19. The molecule has 2 heterocycles. The van der Waals surface area contributed by atoms with Gasteiger partial charge in [-0.2, -0.15) is 4.98 Å².